The summed E-state index contributed by atoms with van der Waals surface area (Å²) in [5.41, 5.74) is 1.02. The molecule has 5 nitrogen and oxygen atoms in total. The van der Waals surface area contributed by atoms with Gasteiger partial charge < -0.3 is 5.32 Å². The van der Waals surface area contributed by atoms with Gasteiger partial charge in [-0.2, -0.15) is 13.2 Å². The fourth-order valence-electron chi connectivity index (χ4n) is 2.59. The standard InChI is InChI=1S/C16H14F3N3O2S2/c1-9-7-25-15(20-9)26-8-14(24)22-11-5-3-2-4-10(11)21-13(23)6-12(22)16(17,18)19/h2-5,7,12H,6,8H2,1H3,(H,21,23). The van der Waals surface area contributed by atoms with E-state index in [4.69, 9.17) is 0 Å². The van der Waals surface area contributed by atoms with Crippen LogP contribution < -0.4 is 10.2 Å². The van der Waals surface area contributed by atoms with E-state index in [9.17, 15) is 22.8 Å². The molecule has 1 atom stereocenters. The molecule has 0 saturated heterocycles. The molecule has 1 N–H and O–H groups in total. The summed E-state index contributed by atoms with van der Waals surface area (Å²) in [5, 5.41) is 4.24. The van der Waals surface area contributed by atoms with Crippen molar-refractivity contribution in [2.45, 2.75) is 29.9 Å². The Kier molecular flexibility index (Phi) is 5.24. The molecule has 1 aromatic heterocycles. The van der Waals surface area contributed by atoms with Crippen LogP contribution in [0.3, 0.4) is 0 Å². The molecule has 26 heavy (non-hydrogen) atoms. The Labute approximate surface area is 155 Å². The van der Waals surface area contributed by atoms with E-state index < -0.39 is 30.5 Å². The molecule has 0 bridgehead atoms. The number of benzene rings is 1. The van der Waals surface area contributed by atoms with Crippen molar-refractivity contribution in [1.29, 1.82) is 0 Å². The normalized spacial score (nSPS) is 17.5. The third kappa shape index (κ3) is 4.01. The second-order valence-electron chi connectivity index (χ2n) is 5.63. The number of carbonyl (C=O) groups excluding carboxylic acids is 2. The number of thiazole rings is 1. The average molecular weight is 401 g/mol. The first kappa shape index (κ1) is 18.7. The third-order valence-electron chi connectivity index (χ3n) is 3.69. The SMILES string of the molecule is Cc1csc(SCC(=O)N2c3ccccc3NC(=O)CC2C(F)(F)F)n1. The lowest BCUT2D eigenvalue weighted by Gasteiger charge is -2.31. The van der Waals surface area contributed by atoms with Crippen LogP contribution in [0.5, 0.6) is 0 Å². The number of para-hydroxylation sites is 2. The Balaban J connectivity index is 1.93. The summed E-state index contributed by atoms with van der Waals surface area (Å²) >= 11 is 2.41. The van der Waals surface area contributed by atoms with Crippen molar-refractivity contribution in [1.82, 2.24) is 4.98 Å². The Morgan fingerprint density at radius 2 is 2.15 bits per heavy atom. The number of aryl methyl sites for hydroxylation is 1. The molecule has 0 fully saturated rings. The Morgan fingerprint density at radius 1 is 1.42 bits per heavy atom. The molecule has 2 heterocycles. The summed E-state index contributed by atoms with van der Waals surface area (Å²) in [6.07, 6.45) is -5.57. The molecule has 2 aromatic rings. The quantitative estimate of drug-likeness (QED) is 0.794. The monoisotopic (exact) mass is 401 g/mol. The van der Waals surface area contributed by atoms with Crippen molar-refractivity contribution in [3.63, 3.8) is 0 Å². The van der Waals surface area contributed by atoms with Crippen molar-refractivity contribution in [3.8, 4) is 0 Å². The van der Waals surface area contributed by atoms with Crippen LogP contribution in [0.15, 0.2) is 34.0 Å². The molecule has 1 aromatic carbocycles. The van der Waals surface area contributed by atoms with Gasteiger partial charge in [0.05, 0.1) is 23.5 Å². The van der Waals surface area contributed by atoms with E-state index in [1.54, 1.807) is 18.4 Å². The number of nitrogens with one attached hydrogen (secondary N) is 1. The third-order valence-corrected chi connectivity index (χ3v) is 5.82. The maximum atomic E-state index is 13.6. The van der Waals surface area contributed by atoms with Crippen LogP contribution in [0.25, 0.3) is 0 Å². The number of aromatic nitrogens is 1. The number of nitrogens with zero attached hydrogens (tertiary/aromatic N) is 2. The lowest BCUT2D eigenvalue weighted by atomic mass is 10.1. The lowest BCUT2D eigenvalue weighted by molar-refractivity contribution is -0.157. The molecule has 0 spiro atoms. The number of hydrogen-bond acceptors (Lipinski definition) is 5. The first-order valence-corrected chi connectivity index (χ1v) is 9.45. The van der Waals surface area contributed by atoms with Gasteiger partial charge in [-0.05, 0) is 19.1 Å². The Morgan fingerprint density at radius 3 is 2.81 bits per heavy atom. The van der Waals surface area contributed by atoms with Crippen LogP contribution in [0, 0.1) is 6.92 Å². The minimum absolute atomic E-state index is 0.0431. The molecule has 0 aliphatic carbocycles. The van der Waals surface area contributed by atoms with Gasteiger partial charge in [-0.15, -0.1) is 11.3 Å². The molecule has 3 rings (SSSR count). The van der Waals surface area contributed by atoms with Crippen LogP contribution >= 0.6 is 23.1 Å². The molecule has 1 aliphatic rings. The van der Waals surface area contributed by atoms with Crippen LogP contribution in [0.2, 0.25) is 0 Å². The predicted octanol–water partition coefficient (Wildman–Crippen LogP) is 3.85. The first-order valence-electron chi connectivity index (χ1n) is 7.58. The number of alkyl halides is 3. The van der Waals surface area contributed by atoms with E-state index in [0.717, 1.165) is 17.5 Å². The summed E-state index contributed by atoms with van der Waals surface area (Å²) in [4.78, 5) is 29.5. The number of amides is 2. The van der Waals surface area contributed by atoms with E-state index in [2.05, 4.69) is 10.3 Å². The highest BCUT2D eigenvalue weighted by molar-refractivity contribution is 8.01. The van der Waals surface area contributed by atoms with Gasteiger partial charge in [-0.25, -0.2) is 4.98 Å². The summed E-state index contributed by atoms with van der Waals surface area (Å²) < 4.78 is 41.3. The largest absolute Gasteiger partial charge is 0.409 e. The van der Waals surface area contributed by atoms with Crippen molar-refractivity contribution in [2.24, 2.45) is 0 Å². The summed E-state index contributed by atoms with van der Waals surface area (Å²) in [5.74, 6) is -1.71. The smallest absolute Gasteiger partial charge is 0.324 e. The van der Waals surface area contributed by atoms with Crippen molar-refractivity contribution in [2.75, 3.05) is 16.0 Å². The molecular formula is C16H14F3N3O2S2. The van der Waals surface area contributed by atoms with Gasteiger partial charge in [0.1, 0.15) is 6.04 Å². The zero-order valence-corrected chi connectivity index (χ0v) is 15.2. The number of carbonyl (C=O) groups is 2. The summed E-state index contributed by atoms with van der Waals surface area (Å²) in [7, 11) is 0. The first-order chi connectivity index (χ1) is 12.3. The van der Waals surface area contributed by atoms with Crippen molar-refractivity contribution in [3.05, 3.63) is 35.3 Å². The zero-order chi connectivity index (χ0) is 18.9. The number of rotatable bonds is 3. The highest BCUT2D eigenvalue weighted by Gasteiger charge is 2.48. The Bertz CT molecular complexity index is 838. The van der Waals surface area contributed by atoms with Gasteiger partial charge in [0.2, 0.25) is 11.8 Å². The number of halogens is 3. The number of fused-ring (bicyclic) bond motifs is 1. The van der Waals surface area contributed by atoms with Crippen LogP contribution in [-0.2, 0) is 9.59 Å². The van der Waals surface area contributed by atoms with E-state index in [-0.39, 0.29) is 17.1 Å². The molecule has 0 radical (unpaired) electrons. The topological polar surface area (TPSA) is 62.3 Å². The summed E-state index contributed by atoms with van der Waals surface area (Å²) in [6.45, 7) is 1.80. The second-order valence-corrected chi connectivity index (χ2v) is 7.71. The number of anilines is 2. The maximum absolute atomic E-state index is 13.6. The molecule has 1 aliphatic heterocycles. The van der Waals surface area contributed by atoms with Gasteiger partial charge in [0.15, 0.2) is 4.34 Å². The van der Waals surface area contributed by atoms with Gasteiger partial charge in [0.25, 0.3) is 0 Å². The number of hydrogen-bond donors (Lipinski definition) is 1. The fourth-order valence-corrected chi connectivity index (χ4v) is 4.30. The summed E-state index contributed by atoms with van der Waals surface area (Å²) in [6, 6.07) is 3.78. The average Bonchev–Trinajstić information content (AvgIpc) is 2.90. The van der Waals surface area contributed by atoms with E-state index in [1.807, 2.05) is 0 Å². The van der Waals surface area contributed by atoms with Crippen LogP contribution in [0.4, 0.5) is 24.5 Å². The van der Waals surface area contributed by atoms with E-state index in [1.165, 1.54) is 29.5 Å². The Hall–Kier alpha value is -2.07. The van der Waals surface area contributed by atoms with Crippen LogP contribution in [-0.4, -0.2) is 34.8 Å². The molecule has 1 unspecified atom stereocenters. The highest BCUT2D eigenvalue weighted by Crippen LogP contribution is 2.38. The van der Waals surface area contributed by atoms with E-state index >= 15 is 0 Å². The second kappa shape index (κ2) is 7.28. The molecular weight excluding hydrogens is 387 g/mol. The molecule has 0 saturated carbocycles. The molecule has 2 amide bonds. The van der Waals surface area contributed by atoms with Crippen molar-refractivity contribution < 1.29 is 22.8 Å². The zero-order valence-electron chi connectivity index (χ0n) is 13.5. The van der Waals surface area contributed by atoms with E-state index in [0.29, 0.717) is 9.24 Å². The van der Waals surface area contributed by atoms with Gasteiger partial charge in [0, 0.05) is 11.1 Å². The number of thioether (sulfide) groups is 1. The van der Waals surface area contributed by atoms with Gasteiger partial charge in [-0.3, -0.25) is 14.5 Å². The molecule has 10 heteroatoms. The highest BCUT2D eigenvalue weighted by atomic mass is 32.2. The minimum Gasteiger partial charge on any atom is -0.324 e. The van der Waals surface area contributed by atoms with Crippen LogP contribution in [0.1, 0.15) is 12.1 Å². The van der Waals surface area contributed by atoms with Gasteiger partial charge >= 0.3 is 6.18 Å². The molecule has 138 valence electrons. The fraction of sp³-hybridized carbons (Fsp3) is 0.312. The van der Waals surface area contributed by atoms with Crippen molar-refractivity contribution >= 4 is 46.3 Å². The minimum atomic E-state index is -4.73. The lowest BCUT2D eigenvalue weighted by Crippen LogP contribution is -2.50. The maximum Gasteiger partial charge on any atom is 0.409 e. The predicted molar refractivity (Wildman–Crippen MR) is 94.6 cm³/mol. The van der Waals surface area contributed by atoms with Gasteiger partial charge in [-0.1, -0.05) is 23.9 Å².